The summed E-state index contributed by atoms with van der Waals surface area (Å²) in [6, 6.07) is -6.12. The highest BCUT2D eigenvalue weighted by Crippen LogP contribution is 2.60. The van der Waals surface area contributed by atoms with Crippen LogP contribution in [0.1, 0.15) is 0 Å². The van der Waals surface area contributed by atoms with Crippen LogP contribution < -0.4 is 0 Å². The van der Waals surface area contributed by atoms with Crippen molar-refractivity contribution < 1.29 is 48.3 Å². The standard InChI is InChI=1S/C5Cl3F11Si/c6-20(7,8)5(18,19)3(13,14)1(9,10)2(11,12)4(15,16)17. The lowest BCUT2D eigenvalue weighted by molar-refractivity contribution is -0.413. The van der Waals surface area contributed by atoms with Crippen molar-refractivity contribution in [3.8, 4) is 0 Å². The Kier molecular flexibility index (Phi) is 4.99. The molecule has 15 heteroatoms. The van der Waals surface area contributed by atoms with Crippen molar-refractivity contribution in [3.05, 3.63) is 0 Å². The maximum Gasteiger partial charge on any atom is 0.460 e. The van der Waals surface area contributed by atoms with E-state index >= 15 is 0 Å². The predicted molar refractivity (Wildman–Crippen MR) is 49.2 cm³/mol. The molecule has 20 heavy (non-hydrogen) atoms. The lowest BCUT2D eigenvalue weighted by Crippen LogP contribution is -2.70. The Hall–Kier alpha value is 0.317. The number of halogens is 14. The van der Waals surface area contributed by atoms with Gasteiger partial charge in [-0.1, -0.05) is 0 Å². The van der Waals surface area contributed by atoms with Gasteiger partial charge in [0.1, 0.15) is 0 Å². The zero-order valence-electron chi connectivity index (χ0n) is 8.29. The largest absolute Gasteiger partial charge is 0.460 e. The molecule has 0 atom stereocenters. The van der Waals surface area contributed by atoms with Gasteiger partial charge in [0.15, 0.2) is 0 Å². The lowest BCUT2D eigenvalue weighted by atomic mass is 10.0. The van der Waals surface area contributed by atoms with E-state index in [1.54, 1.807) is 0 Å². The molecule has 0 aliphatic heterocycles. The Labute approximate surface area is 117 Å². The summed E-state index contributed by atoms with van der Waals surface area (Å²) in [5.74, 6) is -22.3. The highest BCUT2D eigenvalue weighted by atomic mass is 35.8. The van der Waals surface area contributed by atoms with Crippen LogP contribution in [-0.4, -0.2) is 35.5 Å². The van der Waals surface area contributed by atoms with Crippen LogP contribution in [0.4, 0.5) is 48.3 Å². The molecule has 0 aromatic carbocycles. The molecule has 0 fully saturated rings. The van der Waals surface area contributed by atoms with Crippen molar-refractivity contribution in [1.82, 2.24) is 0 Å². The molecule has 0 aromatic heterocycles. The molecule has 0 spiro atoms. The summed E-state index contributed by atoms with van der Waals surface area (Å²) in [6.07, 6.45) is -7.23. The zero-order valence-corrected chi connectivity index (χ0v) is 11.6. The van der Waals surface area contributed by atoms with E-state index in [1.807, 2.05) is 0 Å². The molecule has 0 nitrogen and oxygen atoms in total. The van der Waals surface area contributed by atoms with Crippen LogP contribution in [0.15, 0.2) is 0 Å². The molecular formula is C5Cl3F11Si. The number of alkyl halides is 11. The van der Waals surface area contributed by atoms with E-state index in [2.05, 4.69) is 33.2 Å². The Bertz CT molecular complexity index is 333. The molecule has 0 amide bonds. The molecule has 0 bridgehead atoms. The van der Waals surface area contributed by atoms with Crippen molar-refractivity contribution in [1.29, 1.82) is 0 Å². The summed E-state index contributed by atoms with van der Waals surface area (Å²) in [5.41, 5.74) is -6.39. The normalized spacial score (nSPS) is 16.5. The van der Waals surface area contributed by atoms with E-state index in [0.717, 1.165) is 0 Å². The highest BCUT2D eigenvalue weighted by Gasteiger charge is 2.90. The fourth-order valence-corrected chi connectivity index (χ4v) is 2.33. The summed E-state index contributed by atoms with van der Waals surface area (Å²) < 4.78 is 136. The van der Waals surface area contributed by atoms with Crippen LogP contribution in [0.3, 0.4) is 0 Å². The van der Waals surface area contributed by atoms with Crippen molar-refractivity contribution >= 4 is 39.2 Å². The average molecular weight is 403 g/mol. The molecule has 0 aliphatic rings. The summed E-state index contributed by atoms with van der Waals surface area (Å²) >= 11 is 13.1. The molecule has 122 valence electrons. The van der Waals surface area contributed by atoms with Crippen LogP contribution in [0.25, 0.3) is 0 Å². The predicted octanol–water partition coefficient (Wildman–Crippen LogP) is 5.28. The second-order valence-corrected chi connectivity index (χ2v) is 11.8. The third kappa shape index (κ3) is 2.67. The quantitative estimate of drug-likeness (QED) is 0.340. The van der Waals surface area contributed by atoms with Crippen LogP contribution >= 0.6 is 33.2 Å². The number of hydrogen-bond donors (Lipinski definition) is 0. The lowest BCUT2D eigenvalue weighted by Gasteiger charge is -2.38. The Morgan fingerprint density at radius 3 is 1.00 bits per heavy atom. The fraction of sp³-hybridized carbons (Fsp3) is 1.00. The van der Waals surface area contributed by atoms with Gasteiger partial charge in [-0.25, -0.2) is 0 Å². The maximum atomic E-state index is 12.9. The number of rotatable bonds is 4. The molecule has 0 aliphatic carbocycles. The highest BCUT2D eigenvalue weighted by molar-refractivity contribution is 7.65. The molecule has 0 heterocycles. The Morgan fingerprint density at radius 2 is 0.800 bits per heavy atom. The number of hydrogen-bond acceptors (Lipinski definition) is 0. The van der Waals surface area contributed by atoms with Gasteiger partial charge in [-0.05, 0) is 0 Å². The molecule has 0 unspecified atom stereocenters. The molecule has 0 N–H and O–H groups in total. The van der Waals surface area contributed by atoms with Gasteiger partial charge >= 0.3 is 35.5 Å². The van der Waals surface area contributed by atoms with Gasteiger partial charge in [-0.3, -0.25) is 0 Å². The second kappa shape index (κ2) is 4.91. The zero-order chi connectivity index (χ0) is 17.0. The van der Waals surface area contributed by atoms with Crippen molar-refractivity contribution in [2.24, 2.45) is 0 Å². The van der Waals surface area contributed by atoms with Crippen molar-refractivity contribution in [3.63, 3.8) is 0 Å². The maximum absolute atomic E-state index is 12.9. The third-order valence-electron chi connectivity index (χ3n) is 1.90. The Morgan fingerprint density at radius 1 is 0.500 bits per heavy atom. The third-order valence-corrected chi connectivity index (χ3v) is 5.06. The molecular weight excluding hydrogens is 403 g/mol. The first-order valence-electron chi connectivity index (χ1n) is 3.90. The topological polar surface area (TPSA) is 0 Å². The molecule has 0 saturated carbocycles. The van der Waals surface area contributed by atoms with Gasteiger partial charge < -0.3 is 0 Å². The minimum Gasteiger partial charge on any atom is -0.200 e. The molecule has 0 rings (SSSR count). The molecule has 0 aromatic rings. The van der Waals surface area contributed by atoms with E-state index in [0.29, 0.717) is 0 Å². The van der Waals surface area contributed by atoms with Crippen molar-refractivity contribution in [2.45, 2.75) is 29.5 Å². The van der Waals surface area contributed by atoms with Gasteiger partial charge in [-0.2, -0.15) is 48.3 Å². The Balaban J connectivity index is 6.08. The first-order valence-corrected chi connectivity index (χ1v) is 8.93. The van der Waals surface area contributed by atoms with E-state index in [1.165, 1.54) is 0 Å². The minimum absolute atomic E-state index is 4.36. The SMILES string of the molecule is FC(F)(F)C(F)(F)C(F)(F)C(F)(F)C(F)(F)[Si](Cl)(Cl)Cl. The van der Waals surface area contributed by atoms with Gasteiger partial charge in [0.25, 0.3) is 0 Å². The van der Waals surface area contributed by atoms with E-state index < -0.39 is 35.5 Å². The molecule has 0 radical (unpaired) electrons. The van der Waals surface area contributed by atoms with E-state index in [-0.39, 0.29) is 0 Å². The van der Waals surface area contributed by atoms with Gasteiger partial charge in [0.05, 0.1) is 0 Å². The average Bonchev–Trinajstić information content (AvgIpc) is 2.12. The first kappa shape index (κ1) is 20.3. The fourth-order valence-electron chi connectivity index (χ4n) is 0.750. The summed E-state index contributed by atoms with van der Waals surface area (Å²) in [5, 5.41) is 0. The van der Waals surface area contributed by atoms with E-state index in [9.17, 15) is 48.3 Å². The summed E-state index contributed by atoms with van der Waals surface area (Å²) in [6.45, 7) is 0. The summed E-state index contributed by atoms with van der Waals surface area (Å²) in [4.78, 5) is 0. The van der Waals surface area contributed by atoms with Crippen LogP contribution in [-0.2, 0) is 0 Å². The smallest absolute Gasteiger partial charge is 0.200 e. The van der Waals surface area contributed by atoms with Crippen LogP contribution in [0.5, 0.6) is 0 Å². The molecule has 0 saturated heterocycles. The van der Waals surface area contributed by atoms with Gasteiger partial charge in [-0.15, -0.1) is 33.2 Å². The van der Waals surface area contributed by atoms with Gasteiger partial charge in [0, 0.05) is 0 Å². The minimum atomic E-state index is -7.54. The van der Waals surface area contributed by atoms with Crippen molar-refractivity contribution in [2.75, 3.05) is 0 Å². The van der Waals surface area contributed by atoms with Crippen LogP contribution in [0.2, 0.25) is 0 Å². The van der Waals surface area contributed by atoms with Gasteiger partial charge in [0.2, 0.25) is 0 Å². The monoisotopic (exact) mass is 402 g/mol. The van der Waals surface area contributed by atoms with Crippen LogP contribution in [0, 0.1) is 0 Å². The summed E-state index contributed by atoms with van der Waals surface area (Å²) in [7, 11) is 0. The second-order valence-electron chi connectivity index (χ2n) is 3.29. The first-order chi connectivity index (χ1) is 8.25. The van der Waals surface area contributed by atoms with E-state index in [4.69, 9.17) is 0 Å².